The van der Waals surface area contributed by atoms with Gasteiger partial charge in [-0.15, -0.1) is 0 Å². The number of carbonyl (C=O) groups is 1. The maximum atomic E-state index is 12.4. The maximum Gasteiger partial charge on any atom is 0.417 e. The van der Waals surface area contributed by atoms with Gasteiger partial charge in [0.1, 0.15) is 29.9 Å². The second kappa shape index (κ2) is 10.7. The lowest BCUT2D eigenvalue weighted by Crippen LogP contribution is -2.19. The Morgan fingerprint density at radius 1 is 1.03 bits per heavy atom. The van der Waals surface area contributed by atoms with Crippen LogP contribution in [0.15, 0.2) is 76.1 Å². The van der Waals surface area contributed by atoms with Gasteiger partial charge in [-0.1, -0.05) is 0 Å². The van der Waals surface area contributed by atoms with E-state index in [0.29, 0.717) is 69.4 Å². The Balaban J connectivity index is 1.27. The predicted molar refractivity (Wildman–Crippen MR) is 140 cm³/mol. The van der Waals surface area contributed by atoms with Gasteiger partial charge in [-0.05, 0) is 54.6 Å². The highest BCUT2D eigenvalue weighted by Gasteiger charge is 2.12. The fourth-order valence-electron chi connectivity index (χ4n) is 3.74. The lowest BCUT2D eigenvalue weighted by molar-refractivity contribution is 0.146. The Hall–Kier alpha value is -5.34. The van der Waals surface area contributed by atoms with Crippen LogP contribution in [0.1, 0.15) is 5.56 Å². The highest BCUT2D eigenvalue weighted by Crippen LogP contribution is 2.33. The molecule has 0 aliphatic carbocycles. The van der Waals surface area contributed by atoms with Crippen molar-refractivity contribution < 1.29 is 23.4 Å². The quantitative estimate of drug-likeness (QED) is 0.246. The lowest BCUT2D eigenvalue weighted by atomic mass is 10.1. The number of oxazole rings is 1. The number of hydrogen-bond donors (Lipinski definition) is 3. The monoisotopic (exact) mass is 511 g/mol. The van der Waals surface area contributed by atoms with E-state index in [1.54, 1.807) is 74.0 Å². The van der Waals surface area contributed by atoms with E-state index in [1.165, 1.54) is 0 Å². The van der Waals surface area contributed by atoms with Crippen LogP contribution >= 0.6 is 0 Å². The van der Waals surface area contributed by atoms with Crippen molar-refractivity contribution in [2.75, 3.05) is 31.0 Å². The number of aromatic nitrogens is 2. The van der Waals surface area contributed by atoms with Crippen LogP contribution in [-0.4, -0.2) is 36.3 Å². The molecule has 5 aromatic rings. The molecule has 2 aromatic heterocycles. The topological polar surface area (TPSA) is 152 Å². The van der Waals surface area contributed by atoms with E-state index < -0.39 is 11.8 Å². The van der Waals surface area contributed by atoms with Crippen LogP contribution in [-0.2, 0) is 4.74 Å². The number of fused-ring (bicyclic) bond motifs is 2. The predicted octanol–water partition coefficient (Wildman–Crippen LogP) is 5.00. The molecule has 0 saturated heterocycles. The molecule has 38 heavy (non-hydrogen) atoms. The summed E-state index contributed by atoms with van der Waals surface area (Å²) in [6.45, 7) is 0.709. The Kier molecular flexibility index (Phi) is 6.88. The van der Waals surface area contributed by atoms with Crippen molar-refractivity contribution in [1.29, 1.82) is 5.26 Å². The number of amides is 2. The van der Waals surface area contributed by atoms with E-state index in [1.807, 2.05) is 0 Å². The normalized spacial score (nSPS) is 10.7. The number of ether oxygens (including phenoxy) is 3. The molecule has 0 radical (unpaired) electrons. The van der Waals surface area contributed by atoms with Gasteiger partial charge in [0, 0.05) is 36.1 Å². The molecule has 0 fully saturated rings. The zero-order valence-corrected chi connectivity index (χ0v) is 20.1. The zero-order chi connectivity index (χ0) is 26.5. The first kappa shape index (κ1) is 24.4. The van der Waals surface area contributed by atoms with Crippen molar-refractivity contribution in [3.8, 4) is 23.3 Å². The van der Waals surface area contributed by atoms with E-state index in [0.717, 1.165) is 0 Å². The minimum atomic E-state index is -0.564. The van der Waals surface area contributed by atoms with Gasteiger partial charge in [-0.3, -0.25) is 9.97 Å². The summed E-state index contributed by atoms with van der Waals surface area (Å²) < 4.78 is 21.7. The van der Waals surface area contributed by atoms with Crippen molar-refractivity contribution in [3.05, 3.63) is 83.0 Å². The second-order valence-corrected chi connectivity index (χ2v) is 8.06. The summed E-state index contributed by atoms with van der Waals surface area (Å²) in [5.74, 6) is 0.900. The molecule has 11 heteroatoms. The molecular weight excluding hydrogens is 490 g/mol. The molecule has 3 N–H and O–H groups in total. The summed E-state index contributed by atoms with van der Waals surface area (Å²) in [5, 5.41) is 15.7. The highest BCUT2D eigenvalue weighted by atomic mass is 16.5. The maximum absolute atomic E-state index is 12.4. The number of carbonyl (C=O) groups excluding carboxylic acids is 1. The van der Waals surface area contributed by atoms with E-state index >= 15 is 0 Å². The second-order valence-electron chi connectivity index (χ2n) is 8.06. The third-order valence-corrected chi connectivity index (χ3v) is 5.49. The number of pyridine rings is 1. The average molecular weight is 511 g/mol. The number of hydrogen-bond acceptors (Lipinski definition) is 8. The van der Waals surface area contributed by atoms with Crippen molar-refractivity contribution in [3.63, 3.8) is 0 Å². The first-order valence-electron chi connectivity index (χ1n) is 11.5. The van der Waals surface area contributed by atoms with Gasteiger partial charge in [0.05, 0.1) is 23.2 Å². The summed E-state index contributed by atoms with van der Waals surface area (Å²) in [6, 6.07) is 18.4. The fraction of sp³-hybridized carbons (Fsp3) is 0.111. The highest BCUT2D eigenvalue weighted by molar-refractivity contribution is 6.00. The van der Waals surface area contributed by atoms with Gasteiger partial charge in [0.25, 0.3) is 0 Å². The summed E-state index contributed by atoms with van der Waals surface area (Å²) >= 11 is 0. The standard InChI is InChI=1S/C27H21N5O6/c1-35-10-11-36-25-14-21-20(12-16(25)15-28)23(8-9-29-21)37-19-5-2-17(3-6-19)30-26(33)31-18-4-7-24-22(13-18)32-27(34)38-24/h2-9,12-14H,10-11H2,1H3,(H,32,34)(H2,30,31,33). The smallest absolute Gasteiger partial charge is 0.417 e. The Morgan fingerprint density at radius 2 is 1.82 bits per heavy atom. The number of nitriles is 1. The van der Waals surface area contributed by atoms with Gasteiger partial charge in [-0.25, -0.2) is 9.59 Å². The molecule has 190 valence electrons. The van der Waals surface area contributed by atoms with Crippen molar-refractivity contribution in [2.24, 2.45) is 0 Å². The van der Waals surface area contributed by atoms with Crippen molar-refractivity contribution >= 4 is 39.4 Å². The van der Waals surface area contributed by atoms with Crippen LogP contribution in [0.3, 0.4) is 0 Å². The molecule has 0 spiro atoms. The molecule has 0 bridgehead atoms. The molecular formula is C27H21N5O6. The number of urea groups is 1. The van der Waals surface area contributed by atoms with E-state index in [9.17, 15) is 14.9 Å². The van der Waals surface area contributed by atoms with Crippen LogP contribution in [0.5, 0.6) is 17.2 Å². The number of anilines is 2. The number of benzene rings is 3. The number of rotatable bonds is 8. The molecule has 0 unspecified atom stereocenters. The SMILES string of the molecule is COCCOc1cc2nccc(Oc3ccc(NC(=O)Nc4ccc5oc(=O)[nH]c5c4)cc3)c2cc1C#N. The summed E-state index contributed by atoms with van der Waals surface area (Å²) in [5.41, 5.74) is 2.88. The number of methoxy groups -OCH3 is 1. The first-order chi connectivity index (χ1) is 18.5. The van der Waals surface area contributed by atoms with Crippen LogP contribution in [0.2, 0.25) is 0 Å². The third-order valence-electron chi connectivity index (χ3n) is 5.49. The van der Waals surface area contributed by atoms with Crippen LogP contribution < -0.4 is 25.9 Å². The van der Waals surface area contributed by atoms with Crippen LogP contribution in [0, 0.1) is 11.3 Å². The van der Waals surface area contributed by atoms with Gasteiger partial charge in [0.2, 0.25) is 0 Å². The molecule has 3 aromatic carbocycles. The first-order valence-corrected chi connectivity index (χ1v) is 11.5. The number of nitrogens with one attached hydrogen (secondary N) is 3. The summed E-state index contributed by atoms with van der Waals surface area (Å²) in [7, 11) is 1.58. The van der Waals surface area contributed by atoms with E-state index in [-0.39, 0.29) is 0 Å². The number of H-pyrrole nitrogens is 1. The summed E-state index contributed by atoms with van der Waals surface area (Å²) in [4.78, 5) is 30.6. The van der Waals surface area contributed by atoms with Gasteiger partial charge < -0.3 is 29.3 Å². The average Bonchev–Trinajstić information content (AvgIpc) is 3.29. The largest absolute Gasteiger partial charge is 0.490 e. The molecule has 0 aliphatic heterocycles. The molecule has 0 atom stereocenters. The Morgan fingerprint density at radius 3 is 2.61 bits per heavy atom. The summed E-state index contributed by atoms with van der Waals surface area (Å²) in [6.07, 6.45) is 1.61. The number of nitrogens with zero attached hydrogens (tertiary/aromatic N) is 2. The molecule has 2 heterocycles. The molecule has 11 nitrogen and oxygen atoms in total. The molecule has 0 aliphatic rings. The number of aromatic amines is 1. The van der Waals surface area contributed by atoms with Crippen molar-refractivity contribution in [1.82, 2.24) is 9.97 Å². The minimum absolute atomic E-state index is 0.311. The Labute approximate surface area is 215 Å². The minimum Gasteiger partial charge on any atom is -0.490 e. The van der Waals surface area contributed by atoms with Crippen LogP contribution in [0.25, 0.3) is 22.0 Å². The van der Waals surface area contributed by atoms with E-state index in [2.05, 4.69) is 26.7 Å². The molecule has 2 amide bonds. The van der Waals surface area contributed by atoms with Gasteiger partial charge in [-0.2, -0.15) is 5.26 Å². The fourth-order valence-corrected chi connectivity index (χ4v) is 3.74. The third kappa shape index (κ3) is 5.40. The van der Waals surface area contributed by atoms with Crippen molar-refractivity contribution in [2.45, 2.75) is 0 Å². The van der Waals surface area contributed by atoms with Gasteiger partial charge >= 0.3 is 11.8 Å². The molecule has 0 saturated carbocycles. The van der Waals surface area contributed by atoms with Crippen LogP contribution in [0.4, 0.5) is 16.2 Å². The van der Waals surface area contributed by atoms with Gasteiger partial charge in [0.15, 0.2) is 5.58 Å². The molecule has 5 rings (SSSR count). The lowest BCUT2D eigenvalue weighted by Gasteiger charge is -2.12. The zero-order valence-electron chi connectivity index (χ0n) is 20.1. The van der Waals surface area contributed by atoms with E-state index in [4.69, 9.17) is 18.6 Å². The Bertz CT molecular complexity index is 1720.